The maximum absolute atomic E-state index is 5.49. The molecular formula is C9H15Br2N3. The first kappa shape index (κ1) is 16.1. The molecule has 1 aromatic rings. The Kier molecular flexibility index (Phi) is 9.13. The van der Waals surface area contributed by atoms with E-state index in [0.717, 1.165) is 12.2 Å². The fourth-order valence-electron chi connectivity index (χ4n) is 0.982. The highest BCUT2D eigenvalue weighted by molar-refractivity contribution is 5.72. The van der Waals surface area contributed by atoms with Crippen molar-refractivity contribution in [1.29, 1.82) is 0 Å². The third-order valence-electron chi connectivity index (χ3n) is 1.58. The smallest absolute Gasteiger partial charge is 0.242 e. The minimum atomic E-state index is 0. The molecule has 1 rings (SSSR count). The number of amidine groups is 1. The maximum atomic E-state index is 5.49. The Hall–Kier alpha value is -0.390. The summed E-state index contributed by atoms with van der Waals surface area (Å²) in [5.74, 6) is 0.706. The molecule has 6 N–H and O–H groups in total. The number of benzene rings is 1. The zero-order chi connectivity index (χ0) is 8.97. The molecule has 0 aromatic heterocycles. The molecule has 0 aliphatic carbocycles. The van der Waals surface area contributed by atoms with E-state index in [1.807, 2.05) is 31.2 Å². The SMILES string of the molecule is CC(N)=[NH+]c1ccc(C[NH3+])cc1.[Br-].[Br-]. The molecule has 80 valence electrons. The fourth-order valence-corrected chi connectivity index (χ4v) is 0.982. The molecule has 14 heavy (non-hydrogen) atoms. The van der Waals surface area contributed by atoms with E-state index < -0.39 is 0 Å². The lowest BCUT2D eigenvalue weighted by molar-refractivity contribution is -0.386. The van der Waals surface area contributed by atoms with Crippen molar-refractivity contribution in [3.63, 3.8) is 0 Å². The molecule has 0 fully saturated rings. The average molecular weight is 325 g/mol. The van der Waals surface area contributed by atoms with Gasteiger partial charge in [0.2, 0.25) is 5.84 Å². The summed E-state index contributed by atoms with van der Waals surface area (Å²) < 4.78 is 0. The highest BCUT2D eigenvalue weighted by Gasteiger charge is 1.94. The molecule has 0 bridgehead atoms. The molecular weight excluding hydrogens is 310 g/mol. The van der Waals surface area contributed by atoms with E-state index in [4.69, 9.17) is 5.73 Å². The zero-order valence-electron chi connectivity index (χ0n) is 8.06. The van der Waals surface area contributed by atoms with Crippen LogP contribution in [0.5, 0.6) is 0 Å². The third-order valence-corrected chi connectivity index (χ3v) is 1.58. The molecule has 3 nitrogen and oxygen atoms in total. The molecule has 0 heterocycles. The highest BCUT2D eigenvalue weighted by Crippen LogP contribution is 2.01. The summed E-state index contributed by atoms with van der Waals surface area (Å²) in [4.78, 5) is 3.03. The minimum Gasteiger partial charge on any atom is -1.00 e. The summed E-state index contributed by atoms with van der Waals surface area (Å²) >= 11 is 0. The van der Waals surface area contributed by atoms with Gasteiger partial charge in [0, 0.05) is 12.5 Å². The number of nitrogens with one attached hydrogen (secondary N) is 1. The molecule has 0 aliphatic rings. The minimum absolute atomic E-state index is 0. The molecule has 0 spiro atoms. The standard InChI is InChI=1S/C9H13N3.2BrH/c1-7(11)12-9-4-2-8(6-10)3-5-9;;/h2-5H,6,10H2,1H3,(H2,11,12);2*1H. The van der Waals surface area contributed by atoms with Crippen molar-refractivity contribution < 1.29 is 44.7 Å². The summed E-state index contributed by atoms with van der Waals surface area (Å²) in [6.07, 6.45) is 0. The highest BCUT2D eigenvalue weighted by atomic mass is 79.9. The van der Waals surface area contributed by atoms with Crippen LogP contribution in [-0.2, 0) is 6.54 Å². The van der Waals surface area contributed by atoms with E-state index in [2.05, 4.69) is 10.7 Å². The average Bonchev–Trinajstić information content (AvgIpc) is 2.05. The van der Waals surface area contributed by atoms with Crippen molar-refractivity contribution in [1.82, 2.24) is 0 Å². The van der Waals surface area contributed by atoms with Crippen molar-refractivity contribution in [2.24, 2.45) is 5.73 Å². The van der Waals surface area contributed by atoms with Gasteiger partial charge in [-0.25, -0.2) is 4.99 Å². The Morgan fingerprint density at radius 2 is 1.79 bits per heavy atom. The van der Waals surface area contributed by atoms with E-state index in [9.17, 15) is 0 Å². The monoisotopic (exact) mass is 323 g/mol. The molecule has 0 aliphatic heterocycles. The number of hydrogen-bond donors (Lipinski definition) is 3. The van der Waals surface area contributed by atoms with Gasteiger partial charge in [-0.3, -0.25) is 5.73 Å². The van der Waals surface area contributed by atoms with Crippen LogP contribution in [0.15, 0.2) is 24.3 Å². The number of quaternary nitrogens is 1. The second-order valence-electron chi connectivity index (χ2n) is 2.75. The van der Waals surface area contributed by atoms with Crippen LogP contribution in [0.4, 0.5) is 5.69 Å². The van der Waals surface area contributed by atoms with Crippen LogP contribution in [0.3, 0.4) is 0 Å². The van der Waals surface area contributed by atoms with Gasteiger partial charge < -0.3 is 39.7 Å². The first-order valence-corrected chi connectivity index (χ1v) is 3.96. The lowest BCUT2D eigenvalue weighted by atomic mass is 10.2. The van der Waals surface area contributed by atoms with Gasteiger partial charge in [-0.2, -0.15) is 0 Å². The number of nitrogens with two attached hydrogens (primary N) is 1. The van der Waals surface area contributed by atoms with E-state index in [1.54, 1.807) is 0 Å². The van der Waals surface area contributed by atoms with Crippen molar-refractivity contribution in [3.05, 3.63) is 29.8 Å². The van der Waals surface area contributed by atoms with Gasteiger partial charge in [0.25, 0.3) is 0 Å². The number of hydrogen-bond acceptors (Lipinski definition) is 0. The van der Waals surface area contributed by atoms with E-state index in [0.29, 0.717) is 5.84 Å². The Morgan fingerprint density at radius 3 is 2.14 bits per heavy atom. The van der Waals surface area contributed by atoms with Gasteiger partial charge in [0.05, 0.1) is 6.54 Å². The summed E-state index contributed by atoms with van der Waals surface area (Å²) in [6, 6.07) is 8.07. The normalized spacial score (nSPS) is 10.0. The summed E-state index contributed by atoms with van der Waals surface area (Å²) in [5, 5.41) is 0. The fraction of sp³-hybridized carbons (Fsp3) is 0.222. The van der Waals surface area contributed by atoms with Crippen LogP contribution in [0.1, 0.15) is 12.5 Å². The molecule has 0 atom stereocenters. The summed E-state index contributed by atoms with van der Waals surface area (Å²) in [5.41, 5.74) is 11.5. The molecule has 0 radical (unpaired) electrons. The largest absolute Gasteiger partial charge is 1.00 e. The number of halogens is 2. The van der Waals surface area contributed by atoms with Crippen molar-refractivity contribution >= 4 is 11.5 Å². The topological polar surface area (TPSA) is 67.6 Å². The van der Waals surface area contributed by atoms with E-state index in [1.165, 1.54) is 5.56 Å². The molecule has 0 saturated heterocycles. The summed E-state index contributed by atoms with van der Waals surface area (Å²) in [6.45, 7) is 2.65. The lowest BCUT2D eigenvalue weighted by Crippen LogP contribution is -3.00. The maximum Gasteiger partial charge on any atom is 0.242 e. The second-order valence-corrected chi connectivity index (χ2v) is 2.75. The van der Waals surface area contributed by atoms with Crippen LogP contribution in [0.2, 0.25) is 0 Å². The van der Waals surface area contributed by atoms with Crippen LogP contribution in [0, 0.1) is 0 Å². The van der Waals surface area contributed by atoms with Gasteiger partial charge in [-0.05, 0) is 24.3 Å². The Bertz CT molecular complexity index is 279. The Balaban J connectivity index is 0. The third kappa shape index (κ3) is 5.36. The second kappa shape index (κ2) is 7.96. The van der Waals surface area contributed by atoms with Crippen LogP contribution >= 0.6 is 0 Å². The van der Waals surface area contributed by atoms with E-state index in [-0.39, 0.29) is 34.0 Å². The predicted octanol–water partition coefficient (Wildman–Crippen LogP) is -7.47. The van der Waals surface area contributed by atoms with E-state index >= 15 is 0 Å². The van der Waals surface area contributed by atoms with Crippen molar-refractivity contribution in [3.8, 4) is 0 Å². The zero-order valence-corrected chi connectivity index (χ0v) is 11.2. The number of rotatable bonds is 2. The van der Waals surface area contributed by atoms with Gasteiger partial charge >= 0.3 is 0 Å². The van der Waals surface area contributed by atoms with Gasteiger partial charge in [0.15, 0.2) is 0 Å². The van der Waals surface area contributed by atoms with Gasteiger partial charge in [-0.1, -0.05) is 0 Å². The van der Waals surface area contributed by atoms with Gasteiger partial charge in [0.1, 0.15) is 5.69 Å². The molecule has 5 heteroatoms. The van der Waals surface area contributed by atoms with Gasteiger partial charge in [-0.15, -0.1) is 0 Å². The molecule has 0 unspecified atom stereocenters. The first-order valence-electron chi connectivity index (χ1n) is 3.96. The molecule has 0 saturated carbocycles. The summed E-state index contributed by atoms with van der Waals surface area (Å²) in [7, 11) is 0. The predicted molar refractivity (Wildman–Crippen MR) is 48.5 cm³/mol. The first-order chi connectivity index (χ1) is 5.72. The molecule has 1 aromatic carbocycles. The Morgan fingerprint density at radius 1 is 1.29 bits per heavy atom. The van der Waals surface area contributed by atoms with Crippen molar-refractivity contribution in [2.75, 3.05) is 0 Å². The van der Waals surface area contributed by atoms with Crippen LogP contribution in [0.25, 0.3) is 0 Å². The molecule has 0 amide bonds. The van der Waals surface area contributed by atoms with Crippen molar-refractivity contribution in [2.45, 2.75) is 13.5 Å². The van der Waals surface area contributed by atoms with Crippen LogP contribution < -0.4 is 50.4 Å². The Labute approximate surface area is 105 Å². The quantitative estimate of drug-likeness (QED) is 0.367. The van der Waals surface area contributed by atoms with Crippen LogP contribution in [-0.4, -0.2) is 5.84 Å². The lowest BCUT2D eigenvalue weighted by Gasteiger charge is -1.93.